The number of nitrogens with one attached hydrogen (secondary N) is 1. The van der Waals surface area contributed by atoms with E-state index in [2.05, 4.69) is 41.5 Å². The number of thiazole rings is 1. The zero-order chi connectivity index (χ0) is 41.4. The zero-order valence-electron chi connectivity index (χ0n) is 34.0. The highest BCUT2D eigenvalue weighted by atomic mass is 32.1. The van der Waals surface area contributed by atoms with Gasteiger partial charge < -0.3 is 34.8 Å². The molecule has 60 heavy (non-hydrogen) atoms. The second-order valence-corrected chi connectivity index (χ2v) is 19.4. The van der Waals surface area contributed by atoms with Crippen molar-refractivity contribution in [1.82, 2.24) is 30.6 Å². The number of aliphatic hydroxyl groups is 1. The minimum atomic E-state index is -0.804. The zero-order valence-corrected chi connectivity index (χ0v) is 35.7. The Morgan fingerprint density at radius 2 is 1.73 bits per heavy atom. The van der Waals surface area contributed by atoms with E-state index in [1.54, 1.807) is 28.7 Å². The van der Waals surface area contributed by atoms with Crippen LogP contribution in [0.3, 0.4) is 0 Å². The molecule has 0 unspecified atom stereocenters. The number of β-amino-alcohol motifs (C(OH)–C–C–N with tert-alkyl or cyclic N) is 1. The van der Waals surface area contributed by atoms with Crippen molar-refractivity contribution in [2.24, 2.45) is 11.3 Å². The van der Waals surface area contributed by atoms with Gasteiger partial charge in [-0.3, -0.25) is 9.59 Å². The second-order valence-electron chi connectivity index (χ2n) is 17.6. The van der Waals surface area contributed by atoms with Crippen molar-refractivity contribution in [3.63, 3.8) is 0 Å². The maximum atomic E-state index is 14.3. The molecule has 310 valence electrons. The first-order valence-corrected chi connectivity index (χ1v) is 22.5. The molecule has 2 amide bonds. The van der Waals surface area contributed by atoms with E-state index in [-0.39, 0.29) is 47.9 Å². The molecule has 7 heterocycles. The standard InChI is InChI=1S/C45H48N8O5S2/c1-24(2)38(43(57)53-18-30(54)15-34(53)41(56)47-25(3)27-9-13-29(14-10-27)40-26(4)46-23-59-40)36-17-37(50-58-36)51-19-45(20-51)21-52(22-45)44-39(28-11-12-28)32-16-33(48-49-42(32)60-44)31-7-5-6-8-35(31)55/h5-10,13-14,16-17,23-25,28,30,34,38,54-55H,11-12,15,18-22H2,1-4H3,(H,47,56)/t25-,30+,34-,38+/m0/s1. The number of fused-ring (bicyclic) bond motifs is 1. The van der Waals surface area contributed by atoms with Gasteiger partial charge in [0.15, 0.2) is 11.6 Å². The molecule has 3 aliphatic heterocycles. The Balaban J connectivity index is 0.787. The number of likely N-dealkylation sites (tertiary alicyclic amines) is 1. The highest BCUT2D eigenvalue weighted by molar-refractivity contribution is 7.22. The summed E-state index contributed by atoms with van der Waals surface area (Å²) in [7, 11) is 0. The van der Waals surface area contributed by atoms with Crippen molar-refractivity contribution >= 4 is 55.5 Å². The third-order valence-corrected chi connectivity index (χ3v) is 14.9. The predicted molar refractivity (Wildman–Crippen MR) is 232 cm³/mol. The Hall–Kier alpha value is -5.38. The number of amides is 2. The van der Waals surface area contributed by atoms with Crippen LogP contribution < -0.4 is 15.1 Å². The number of hydrogen-bond donors (Lipinski definition) is 3. The molecule has 1 spiro atoms. The number of benzene rings is 2. The molecule has 3 saturated heterocycles. The fraction of sp³-hybridized carbons (Fsp3) is 0.422. The van der Waals surface area contributed by atoms with E-state index in [1.165, 1.54) is 28.3 Å². The number of phenolic OH excluding ortho intramolecular Hbond substituents is 1. The summed E-state index contributed by atoms with van der Waals surface area (Å²) < 4.78 is 5.91. The monoisotopic (exact) mass is 844 g/mol. The number of thiophene rings is 1. The largest absolute Gasteiger partial charge is 0.507 e. The lowest BCUT2D eigenvalue weighted by Crippen LogP contribution is -2.72. The summed E-state index contributed by atoms with van der Waals surface area (Å²) in [6.45, 7) is 11.5. The van der Waals surface area contributed by atoms with Crippen LogP contribution in [0.4, 0.5) is 10.8 Å². The van der Waals surface area contributed by atoms with Gasteiger partial charge in [-0.25, -0.2) is 4.98 Å². The maximum absolute atomic E-state index is 14.3. The van der Waals surface area contributed by atoms with Crippen molar-refractivity contribution in [3.05, 3.63) is 88.8 Å². The van der Waals surface area contributed by atoms with Gasteiger partial charge in [0.05, 0.1) is 38.9 Å². The van der Waals surface area contributed by atoms with Crippen molar-refractivity contribution in [1.29, 1.82) is 0 Å². The van der Waals surface area contributed by atoms with Gasteiger partial charge in [-0.15, -0.1) is 21.5 Å². The van der Waals surface area contributed by atoms with Crippen LogP contribution >= 0.6 is 22.7 Å². The normalized spacial score (nSPS) is 20.7. The first kappa shape index (κ1) is 38.8. The van der Waals surface area contributed by atoms with E-state index in [9.17, 15) is 19.8 Å². The third kappa shape index (κ3) is 6.89. The number of carbonyl (C=O) groups is 2. The van der Waals surface area contributed by atoms with Crippen LogP contribution in [0.15, 0.2) is 70.7 Å². The van der Waals surface area contributed by atoms with E-state index >= 15 is 0 Å². The Kier molecular flexibility index (Phi) is 9.67. The Morgan fingerprint density at radius 1 is 0.983 bits per heavy atom. The number of phenols is 1. The predicted octanol–water partition coefficient (Wildman–Crippen LogP) is 7.27. The minimum absolute atomic E-state index is 0.0795. The SMILES string of the molecule is Cc1ncsc1-c1ccc([C@H](C)NC(=O)[C@@H]2C[C@@H](O)CN2C(=O)[C@@H](c2cc(N3CC4(C3)CN(c3sc5nnc(-c6ccccc6O)cc5c3C3CC3)C4)no2)C(C)C)cc1. The molecule has 1 saturated carbocycles. The molecule has 4 atom stereocenters. The molecule has 13 nitrogen and oxygen atoms in total. The van der Waals surface area contributed by atoms with Gasteiger partial charge in [-0.05, 0) is 73.4 Å². The molecule has 0 radical (unpaired) electrons. The van der Waals surface area contributed by atoms with E-state index in [0.717, 1.165) is 58.1 Å². The topological polar surface area (TPSA) is 161 Å². The average Bonchev–Trinajstić information content (AvgIpc) is 3.49. The highest BCUT2D eigenvalue weighted by Crippen LogP contribution is 2.55. The van der Waals surface area contributed by atoms with Crippen molar-refractivity contribution in [2.45, 2.75) is 77.0 Å². The van der Waals surface area contributed by atoms with Gasteiger partial charge in [-0.1, -0.05) is 66.7 Å². The van der Waals surface area contributed by atoms with Crippen LogP contribution in [0.25, 0.3) is 31.9 Å². The second kappa shape index (κ2) is 15.0. The third-order valence-electron chi connectivity index (χ3n) is 12.8. The number of aliphatic hydroxyl groups excluding tert-OH is 1. The molecule has 3 N–H and O–H groups in total. The van der Waals surface area contributed by atoms with E-state index < -0.39 is 18.1 Å². The first-order chi connectivity index (χ1) is 28.9. The molecule has 0 bridgehead atoms. The number of carbonyl (C=O) groups excluding carboxylic acids is 2. The van der Waals surface area contributed by atoms with Crippen molar-refractivity contribution in [2.75, 3.05) is 42.5 Å². The van der Waals surface area contributed by atoms with Gasteiger partial charge in [-0.2, -0.15) is 0 Å². The lowest BCUT2D eigenvalue weighted by molar-refractivity contribution is -0.141. The van der Waals surface area contributed by atoms with Crippen LogP contribution in [0.2, 0.25) is 0 Å². The fourth-order valence-electron chi connectivity index (χ4n) is 9.46. The molecule has 4 aromatic heterocycles. The number of anilines is 2. The summed E-state index contributed by atoms with van der Waals surface area (Å²) in [6, 6.07) is 18.2. The van der Waals surface area contributed by atoms with Gasteiger partial charge in [0.25, 0.3) is 0 Å². The number of nitrogens with zero attached hydrogens (tertiary/aromatic N) is 7. The molecular formula is C45H48N8O5S2. The highest BCUT2D eigenvalue weighted by Gasteiger charge is 2.54. The minimum Gasteiger partial charge on any atom is -0.507 e. The summed E-state index contributed by atoms with van der Waals surface area (Å²) >= 11 is 3.31. The molecular weight excluding hydrogens is 797 g/mol. The lowest BCUT2D eigenvalue weighted by Gasteiger charge is -2.60. The average molecular weight is 845 g/mol. The van der Waals surface area contributed by atoms with Gasteiger partial charge in [0, 0.05) is 61.6 Å². The van der Waals surface area contributed by atoms with Crippen LogP contribution in [-0.2, 0) is 9.59 Å². The van der Waals surface area contributed by atoms with Crippen molar-refractivity contribution < 1.29 is 24.3 Å². The Bertz CT molecular complexity index is 2580. The molecule has 4 aliphatic rings. The molecule has 6 aromatic rings. The molecule has 1 aliphatic carbocycles. The number of hydrogen-bond acceptors (Lipinski definition) is 13. The summed E-state index contributed by atoms with van der Waals surface area (Å²) in [4.78, 5) is 40.7. The lowest BCUT2D eigenvalue weighted by atomic mass is 9.73. The van der Waals surface area contributed by atoms with E-state index in [1.807, 2.05) is 81.7 Å². The van der Waals surface area contributed by atoms with E-state index in [4.69, 9.17) is 4.52 Å². The molecule has 10 rings (SSSR count). The maximum Gasteiger partial charge on any atom is 0.243 e. The quantitative estimate of drug-likeness (QED) is 0.120. The summed E-state index contributed by atoms with van der Waals surface area (Å²) in [5.74, 6) is 0.564. The number of aryl methyl sites for hydroxylation is 1. The van der Waals surface area contributed by atoms with Gasteiger partial charge in [0.1, 0.15) is 22.5 Å². The van der Waals surface area contributed by atoms with Gasteiger partial charge in [0.2, 0.25) is 11.8 Å². The summed E-state index contributed by atoms with van der Waals surface area (Å²) in [6.07, 6.45) is 1.71. The number of para-hydroxylation sites is 1. The molecule has 4 fully saturated rings. The van der Waals surface area contributed by atoms with Crippen LogP contribution in [0.1, 0.15) is 80.5 Å². The van der Waals surface area contributed by atoms with Crippen molar-refractivity contribution in [3.8, 4) is 27.4 Å². The smallest absolute Gasteiger partial charge is 0.243 e. The number of rotatable bonds is 11. The van der Waals surface area contributed by atoms with Gasteiger partial charge >= 0.3 is 0 Å². The number of aromatic hydroxyl groups is 1. The summed E-state index contributed by atoms with van der Waals surface area (Å²) in [5.41, 5.74) is 7.73. The Morgan fingerprint density at radius 3 is 2.43 bits per heavy atom. The van der Waals surface area contributed by atoms with Crippen LogP contribution in [-0.4, -0.2) is 92.1 Å². The van der Waals surface area contributed by atoms with E-state index in [0.29, 0.717) is 28.8 Å². The summed E-state index contributed by atoms with van der Waals surface area (Å²) in [5, 5.41) is 40.3. The van der Waals surface area contributed by atoms with Crippen LogP contribution in [0.5, 0.6) is 5.75 Å². The Labute approximate surface area is 356 Å². The molecule has 2 aromatic carbocycles. The first-order valence-electron chi connectivity index (χ1n) is 20.8. The molecule has 15 heteroatoms. The van der Waals surface area contributed by atoms with Crippen LogP contribution in [0, 0.1) is 18.3 Å². The number of aromatic nitrogens is 4. The fourth-order valence-corrected chi connectivity index (χ4v) is 11.5.